The zero-order valence-corrected chi connectivity index (χ0v) is 12.1. The zero-order valence-electron chi connectivity index (χ0n) is 12.1. The van der Waals surface area contributed by atoms with Crippen LogP contribution in [0.1, 0.15) is 28.8 Å². The standard InChI is InChI=1S/C18H16N2O2/c21-17-11-10-16-19(12-13-6-2-1-3-7-13)15-9-5-4-8-14(15)18(22)20(16)17/h1-9,16H,10-12H2. The normalized spacial score (nSPS) is 20.1. The number of carbonyl (C=O) groups is 2. The van der Waals surface area contributed by atoms with Gasteiger partial charge in [-0.15, -0.1) is 0 Å². The van der Waals surface area contributed by atoms with E-state index in [9.17, 15) is 9.59 Å². The van der Waals surface area contributed by atoms with E-state index in [0.29, 0.717) is 24.9 Å². The maximum absolute atomic E-state index is 12.6. The fourth-order valence-electron chi connectivity index (χ4n) is 3.38. The summed E-state index contributed by atoms with van der Waals surface area (Å²) in [6.45, 7) is 0.694. The van der Waals surface area contributed by atoms with Gasteiger partial charge in [0.05, 0.1) is 11.3 Å². The Morgan fingerprint density at radius 3 is 2.50 bits per heavy atom. The van der Waals surface area contributed by atoms with Crippen LogP contribution in [-0.2, 0) is 11.3 Å². The van der Waals surface area contributed by atoms with Crippen molar-refractivity contribution in [1.29, 1.82) is 0 Å². The smallest absolute Gasteiger partial charge is 0.264 e. The minimum absolute atomic E-state index is 0.0671. The monoisotopic (exact) mass is 292 g/mol. The number of anilines is 1. The first-order valence-corrected chi connectivity index (χ1v) is 7.52. The van der Waals surface area contributed by atoms with Crippen LogP contribution < -0.4 is 4.90 Å². The summed E-state index contributed by atoms with van der Waals surface area (Å²) in [7, 11) is 0. The first kappa shape index (κ1) is 13.1. The van der Waals surface area contributed by atoms with Crippen LogP contribution >= 0.6 is 0 Å². The molecule has 0 aliphatic carbocycles. The number of carbonyl (C=O) groups excluding carboxylic acids is 2. The van der Waals surface area contributed by atoms with E-state index in [-0.39, 0.29) is 18.0 Å². The van der Waals surface area contributed by atoms with Crippen molar-refractivity contribution < 1.29 is 9.59 Å². The molecule has 2 aliphatic heterocycles. The van der Waals surface area contributed by atoms with E-state index in [1.54, 1.807) is 6.07 Å². The highest BCUT2D eigenvalue weighted by atomic mass is 16.2. The zero-order chi connectivity index (χ0) is 15.1. The fourth-order valence-corrected chi connectivity index (χ4v) is 3.38. The third kappa shape index (κ3) is 1.91. The van der Waals surface area contributed by atoms with Crippen LogP contribution in [0.5, 0.6) is 0 Å². The van der Waals surface area contributed by atoms with Gasteiger partial charge in [-0.3, -0.25) is 14.5 Å². The third-order valence-corrected chi connectivity index (χ3v) is 4.40. The van der Waals surface area contributed by atoms with Crippen LogP contribution in [0.2, 0.25) is 0 Å². The van der Waals surface area contributed by atoms with E-state index < -0.39 is 0 Å². The average Bonchev–Trinajstić information content (AvgIpc) is 2.94. The molecular formula is C18H16N2O2. The molecule has 110 valence electrons. The van der Waals surface area contributed by atoms with Crippen LogP contribution in [0.4, 0.5) is 5.69 Å². The van der Waals surface area contributed by atoms with Gasteiger partial charge in [0.2, 0.25) is 5.91 Å². The molecule has 4 heteroatoms. The molecule has 0 aromatic heterocycles. The Bertz CT molecular complexity index is 742. The maximum atomic E-state index is 12.6. The van der Waals surface area contributed by atoms with Crippen molar-refractivity contribution in [2.45, 2.75) is 25.6 Å². The van der Waals surface area contributed by atoms with Crippen molar-refractivity contribution in [2.24, 2.45) is 0 Å². The predicted molar refractivity (Wildman–Crippen MR) is 83.3 cm³/mol. The van der Waals surface area contributed by atoms with Crippen LogP contribution in [0.15, 0.2) is 54.6 Å². The van der Waals surface area contributed by atoms with Gasteiger partial charge in [0, 0.05) is 13.0 Å². The number of benzene rings is 2. The largest absolute Gasteiger partial charge is 0.346 e. The number of nitrogens with zero attached hydrogens (tertiary/aromatic N) is 2. The number of fused-ring (bicyclic) bond motifs is 2. The Morgan fingerprint density at radius 1 is 0.955 bits per heavy atom. The Hall–Kier alpha value is -2.62. The number of hydrogen-bond acceptors (Lipinski definition) is 3. The lowest BCUT2D eigenvalue weighted by atomic mass is 10.0. The molecule has 1 saturated heterocycles. The van der Waals surface area contributed by atoms with Crippen molar-refractivity contribution in [2.75, 3.05) is 4.90 Å². The molecule has 2 aromatic rings. The maximum Gasteiger partial charge on any atom is 0.264 e. The highest BCUT2D eigenvalue weighted by molar-refractivity contribution is 6.11. The molecule has 1 atom stereocenters. The van der Waals surface area contributed by atoms with Crippen molar-refractivity contribution in [3.63, 3.8) is 0 Å². The van der Waals surface area contributed by atoms with E-state index in [0.717, 1.165) is 5.69 Å². The molecule has 2 aromatic carbocycles. The first-order valence-electron chi connectivity index (χ1n) is 7.52. The van der Waals surface area contributed by atoms with E-state index in [2.05, 4.69) is 17.0 Å². The van der Waals surface area contributed by atoms with Gasteiger partial charge in [0.1, 0.15) is 6.17 Å². The minimum atomic E-state index is -0.160. The van der Waals surface area contributed by atoms with Gasteiger partial charge in [0.25, 0.3) is 5.91 Å². The summed E-state index contributed by atoms with van der Waals surface area (Å²) < 4.78 is 0. The molecule has 0 bridgehead atoms. The predicted octanol–water partition coefficient (Wildman–Crippen LogP) is 2.80. The molecule has 22 heavy (non-hydrogen) atoms. The number of imide groups is 1. The number of rotatable bonds is 2. The van der Waals surface area contributed by atoms with Crippen LogP contribution in [0.3, 0.4) is 0 Å². The van der Waals surface area contributed by atoms with E-state index in [1.807, 2.05) is 36.4 Å². The number of para-hydroxylation sites is 1. The first-order chi connectivity index (χ1) is 10.8. The summed E-state index contributed by atoms with van der Waals surface area (Å²) in [6, 6.07) is 17.7. The summed E-state index contributed by atoms with van der Waals surface area (Å²) in [5.41, 5.74) is 2.71. The van der Waals surface area contributed by atoms with Gasteiger partial charge < -0.3 is 4.90 Å². The van der Waals surface area contributed by atoms with E-state index in [1.165, 1.54) is 10.5 Å². The molecule has 4 nitrogen and oxygen atoms in total. The summed E-state index contributed by atoms with van der Waals surface area (Å²) in [6.07, 6.45) is 0.983. The molecule has 1 fully saturated rings. The van der Waals surface area contributed by atoms with Gasteiger partial charge in [-0.25, -0.2) is 0 Å². The number of amides is 2. The topological polar surface area (TPSA) is 40.6 Å². The highest BCUT2D eigenvalue weighted by Gasteiger charge is 2.44. The molecule has 2 amide bonds. The molecule has 4 rings (SSSR count). The van der Waals surface area contributed by atoms with Gasteiger partial charge >= 0.3 is 0 Å². The Kier molecular flexibility index (Phi) is 2.96. The van der Waals surface area contributed by atoms with E-state index >= 15 is 0 Å². The quantitative estimate of drug-likeness (QED) is 0.799. The lowest BCUT2D eigenvalue weighted by molar-refractivity contribution is -0.126. The Labute approximate surface area is 129 Å². The summed E-state index contributed by atoms with van der Waals surface area (Å²) in [5, 5.41) is 0. The third-order valence-electron chi connectivity index (χ3n) is 4.40. The summed E-state index contributed by atoms with van der Waals surface area (Å²) in [5.74, 6) is -0.227. The molecule has 2 heterocycles. The molecule has 0 saturated carbocycles. The summed E-state index contributed by atoms with van der Waals surface area (Å²) in [4.78, 5) is 28.3. The van der Waals surface area contributed by atoms with Crippen molar-refractivity contribution in [3.8, 4) is 0 Å². The van der Waals surface area contributed by atoms with Crippen molar-refractivity contribution >= 4 is 17.5 Å². The SMILES string of the molecule is O=C1CCC2N1C(=O)c1ccccc1N2Cc1ccccc1. The van der Waals surface area contributed by atoms with Crippen LogP contribution in [0, 0.1) is 0 Å². The molecule has 0 N–H and O–H groups in total. The second kappa shape index (κ2) is 4.98. The summed E-state index contributed by atoms with van der Waals surface area (Å²) >= 11 is 0. The molecule has 2 aliphatic rings. The van der Waals surface area contributed by atoms with Gasteiger partial charge in [0.15, 0.2) is 0 Å². The van der Waals surface area contributed by atoms with Gasteiger partial charge in [-0.1, -0.05) is 42.5 Å². The molecular weight excluding hydrogens is 276 g/mol. The van der Waals surface area contributed by atoms with Crippen LogP contribution in [-0.4, -0.2) is 22.9 Å². The Morgan fingerprint density at radius 2 is 1.68 bits per heavy atom. The molecule has 1 unspecified atom stereocenters. The highest BCUT2D eigenvalue weighted by Crippen LogP contribution is 2.37. The lowest BCUT2D eigenvalue weighted by Gasteiger charge is -2.41. The van der Waals surface area contributed by atoms with Gasteiger partial charge in [-0.05, 0) is 24.1 Å². The Balaban J connectivity index is 1.79. The second-order valence-corrected chi connectivity index (χ2v) is 5.72. The van der Waals surface area contributed by atoms with Gasteiger partial charge in [-0.2, -0.15) is 0 Å². The van der Waals surface area contributed by atoms with Crippen molar-refractivity contribution in [1.82, 2.24) is 4.90 Å². The minimum Gasteiger partial charge on any atom is -0.346 e. The molecule has 0 radical (unpaired) electrons. The number of hydrogen-bond donors (Lipinski definition) is 0. The van der Waals surface area contributed by atoms with E-state index in [4.69, 9.17) is 0 Å². The average molecular weight is 292 g/mol. The van der Waals surface area contributed by atoms with Crippen LogP contribution in [0.25, 0.3) is 0 Å². The molecule has 0 spiro atoms. The second-order valence-electron chi connectivity index (χ2n) is 5.72. The van der Waals surface area contributed by atoms with Crippen molar-refractivity contribution in [3.05, 3.63) is 65.7 Å². The lowest BCUT2D eigenvalue weighted by Crippen LogP contribution is -2.53. The fraction of sp³-hybridized carbons (Fsp3) is 0.222.